The van der Waals surface area contributed by atoms with Gasteiger partial charge in [-0.3, -0.25) is 18.8 Å². The number of hydrogen-bond acceptors (Lipinski definition) is 4. The molecule has 2 aromatic heterocycles. The Morgan fingerprint density at radius 3 is 2.55 bits per heavy atom. The number of halogens is 1. The standard InChI is InChI=1S/C25H21FN4O2S/c1-16-11-12-17(15-18(16)26)30(24-27-19-7-3-6-10-22(19)33-24)23(31)13-14-29-21-9-5-4-8-20(21)28(2)25(29)32/h3-12,15H,13-14H2,1-2H3. The Morgan fingerprint density at radius 2 is 1.79 bits per heavy atom. The number of amides is 1. The third-order valence-electron chi connectivity index (χ3n) is 5.74. The molecule has 3 aromatic carbocycles. The highest BCUT2D eigenvalue weighted by Crippen LogP contribution is 2.34. The molecule has 0 unspecified atom stereocenters. The lowest BCUT2D eigenvalue weighted by molar-refractivity contribution is -0.118. The zero-order valence-corrected chi connectivity index (χ0v) is 19.0. The summed E-state index contributed by atoms with van der Waals surface area (Å²) in [4.78, 5) is 32.3. The molecule has 0 aliphatic carbocycles. The lowest BCUT2D eigenvalue weighted by Gasteiger charge is -2.20. The Labute approximate surface area is 193 Å². The zero-order valence-electron chi connectivity index (χ0n) is 18.2. The Balaban J connectivity index is 1.53. The fourth-order valence-corrected chi connectivity index (χ4v) is 4.94. The Bertz CT molecular complexity index is 1530. The first-order valence-electron chi connectivity index (χ1n) is 10.5. The second-order valence-corrected chi connectivity index (χ2v) is 8.87. The van der Waals surface area contributed by atoms with E-state index in [2.05, 4.69) is 4.98 Å². The average molecular weight is 461 g/mol. The van der Waals surface area contributed by atoms with E-state index >= 15 is 0 Å². The summed E-state index contributed by atoms with van der Waals surface area (Å²) >= 11 is 1.37. The summed E-state index contributed by atoms with van der Waals surface area (Å²) in [5.74, 6) is -0.658. The smallest absolute Gasteiger partial charge is 0.295 e. The van der Waals surface area contributed by atoms with Crippen molar-refractivity contribution < 1.29 is 9.18 Å². The lowest BCUT2D eigenvalue weighted by atomic mass is 10.2. The first-order valence-corrected chi connectivity index (χ1v) is 11.3. The van der Waals surface area contributed by atoms with Crippen LogP contribution in [-0.2, 0) is 18.4 Å². The van der Waals surface area contributed by atoms with E-state index in [1.165, 1.54) is 22.3 Å². The maximum absolute atomic E-state index is 14.4. The highest BCUT2D eigenvalue weighted by molar-refractivity contribution is 7.22. The fourth-order valence-electron chi connectivity index (χ4n) is 3.94. The highest BCUT2D eigenvalue weighted by Gasteiger charge is 2.23. The monoisotopic (exact) mass is 460 g/mol. The molecular weight excluding hydrogens is 439 g/mol. The lowest BCUT2D eigenvalue weighted by Crippen LogP contribution is -2.29. The minimum Gasteiger partial charge on any atom is -0.295 e. The summed E-state index contributed by atoms with van der Waals surface area (Å²) in [6.07, 6.45) is 0.0549. The second-order valence-electron chi connectivity index (χ2n) is 7.86. The van der Waals surface area contributed by atoms with Gasteiger partial charge < -0.3 is 0 Å². The van der Waals surface area contributed by atoms with Crippen LogP contribution < -0.4 is 10.6 Å². The van der Waals surface area contributed by atoms with Crippen LogP contribution in [0.2, 0.25) is 0 Å². The molecule has 0 spiro atoms. The molecule has 0 saturated heterocycles. The normalized spacial score (nSPS) is 11.4. The Hall–Kier alpha value is -3.78. The molecule has 0 radical (unpaired) electrons. The summed E-state index contributed by atoms with van der Waals surface area (Å²) < 4.78 is 18.5. The Kier molecular flexibility index (Phi) is 5.30. The second kappa shape index (κ2) is 8.29. The van der Waals surface area contributed by atoms with Crippen molar-refractivity contribution in [1.29, 1.82) is 0 Å². The van der Waals surface area contributed by atoms with E-state index in [1.807, 2.05) is 48.5 Å². The minimum absolute atomic E-state index is 0.0549. The van der Waals surface area contributed by atoms with Gasteiger partial charge in [0.15, 0.2) is 5.13 Å². The predicted octanol–water partition coefficient (Wildman–Crippen LogP) is 5.15. The molecule has 0 saturated carbocycles. The van der Waals surface area contributed by atoms with E-state index in [0.29, 0.717) is 16.4 Å². The number of carbonyl (C=O) groups excluding carboxylic acids is 1. The van der Waals surface area contributed by atoms with Gasteiger partial charge in [-0.25, -0.2) is 14.2 Å². The van der Waals surface area contributed by atoms with Crippen molar-refractivity contribution in [1.82, 2.24) is 14.1 Å². The molecule has 0 aliphatic heterocycles. The summed E-state index contributed by atoms with van der Waals surface area (Å²) in [6.45, 7) is 1.88. The largest absolute Gasteiger partial charge is 0.328 e. The molecule has 2 heterocycles. The van der Waals surface area contributed by atoms with Crippen LogP contribution in [0.5, 0.6) is 0 Å². The number of imidazole rings is 1. The van der Waals surface area contributed by atoms with Crippen LogP contribution in [0.4, 0.5) is 15.2 Å². The highest BCUT2D eigenvalue weighted by atomic mass is 32.1. The van der Waals surface area contributed by atoms with Crippen LogP contribution >= 0.6 is 11.3 Å². The molecule has 33 heavy (non-hydrogen) atoms. The molecular formula is C25H21FN4O2S. The molecule has 5 aromatic rings. The molecule has 0 N–H and O–H groups in total. The quantitative estimate of drug-likeness (QED) is 0.364. The van der Waals surface area contributed by atoms with Gasteiger partial charge in [0.05, 0.1) is 26.9 Å². The van der Waals surface area contributed by atoms with E-state index in [9.17, 15) is 14.0 Å². The number of nitrogens with zero attached hydrogens (tertiary/aromatic N) is 4. The molecule has 166 valence electrons. The number of carbonyl (C=O) groups is 1. The van der Waals surface area contributed by atoms with Gasteiger partial charge in [0.1, 0.15) is 5.82 Å². The molecule has 0 atom stereocenters. The van der Waals surface area contributed by atoms with Crippen molar-refractivity contribution in [2.75, 3.05) is 4.90 Å². The van der Waals surface area contributed by atoms with Gasteiger partial charge in [-0.05, 0) is 48.9 Å². The van der Waals surface area contributed by atoms with Gasteiger partial charge in [-0.2, -0.15) is 0 Å². The molecule has 0 aliphatic rings. The summed E-state index contributed by atoms with van der Waals surface area (Å²) in [5.41, 5.74) is 3.07. The van der Waals surface area contributed by atoms with Crippen LogP contribution in [0.15, 0.2) is 71.5 Å². The summed E-state index contributed by atoms with van der Waals surface area (Å²) in [7, 11) is 1.71. The molecule has 6 nitrogen and oxygen atoms in total. The van der Waals surface area contributed by atoms with Gasteiger partial charge in [0.25, 0.3) is 0 Å². The fraction of sp³-hybridized carbons (Fsp3) is 0.160. The zero-order chi connectivity index (χ0) is 23.1. The van der Waals surface area contributed by atoms with Gasteiger partial charge >= 0.3 is 5.69 Å². The van der Waals surface area contributed by atoms with Crippen molar-refractivity contribution >= 4 is 49.3 Å². The number of aromatic nitrogens is 3. The minimum atomic E-state index is -0.392. The molecule has 8 heteroatoms. The van der Waals surface area contributed by atoms with Crippen molar-refractivity contribution in [3.63, 3.8) is 0 Å². The third-order valence-corrected chi connectivity index (χ3v) is 6.76. The summed E-state index contributed by atoms with van der Waals surface area (Å²) in [6, 6.07) is 19.8. The molecule has 0 bridgehead atoms. The maximum atomic E-state index is 14.4. The number of rotatable bonds is 5. The SMILES string of the molecule is Cc1ccc(N(C(=O)CCn2c(=O)n(C)c3ccccc32)c2nc3ccccc3s2)cc1F. The number of hydrogen-bond donors (Lipinski definition) is 0. The number of para-hydroxylation sites is 3. The summed E-state index contributed by atoms with van der Waals surface area (Å²) in [5, 5.41) is 0.467. The molecule has 1 amide bonds. The number of fused-ring (bicyclic) bond motifs is 2. The third kappa shape index (κ3) is 3.72. The van der Waals surface area contributed by atoms with E-state index in [0.717, 1.165) is 21.3 Å². The van der Waals surface area contributed by atoms with Crippen molar-refractivity contribution in [3.8, 4) is 0 Å². The number of aryl methyl sites for hydroxylation is 3. The maximum Gasteiger partial charge on any atom is 0.328 e. The van der Waals surface area contributed by atoms with E-state index in [1.54, 1.807) is 35.2 Å². The van der Waals surface area contributed by atoms with Crippen LogP contribution in [-0.4, -0.2) is 20.0 Å². The van der Waals surface area contributed by atoms with E-state index < -0.39 is 5.82 Å². The van der Waals surface area contributed by atoms with E-state index in [4.69, 9.17) is 0 Å². The Morgan fingerprint density at radius 1 is 1.06 bits per heavy atom. The topological polar surface area (TPSA) is 60.1 Å². The van der Waals surface area contributed by atoms with Gasteiger partial charge in [-0.1, -0.05) is 41.7 Å². The van der Waals surface area contributed by atoms with Gasteiger partial charge in [0, 0.05) is 20.0 Å². The predicted molar refractivity (Wildman–Crippen MR) is 130 cm³/mol. The van der Waals surface area contributed by atoms with E-state index in [-0.39, 0.29) is 24.6 Å². The van der Waals surface area contributed by atoms with Crippen molar-refractivity contribution in [2.24, 2.45) is 7.05 Å². The van der Waals surface area contributed by atoms with Crippen LogP contribution in [0.25, 0.3) is 21.3 Å². The van der Waals surface area contributed by atoms with Crippen molar-refractivity contribution in [2.45, 2.75) is 19.9 Å². The van der Waals surface area contributed by atoms with Gasteiger partial charge in [-0.15, -0.1) is 0 Å². The molecule has 0 fully saturated rings. The first kappa shape index (κ1) is 21.1. The van der Waals surface area contributed by atoms with Crippen LogP contribution in [0, 0.1) is 12.7 Å². The van der Waals surface area contributed by atoms with Crippen LogP contribution in [0.3, 0.4) is 0 Å². The number of benzene rings is 3. The first-order chi connectivity index (χ1) is 15.9. The number of thiazole rings is 1. The average Bonchev–Trinajstić information content (AvgIpc) is 3.34. The van der Waals surface area contributed by atoms with Crippen molar-refractivity contribution in [3.05, 3.63) is 88.6 Å². The molecule has 5 rings (SSSR count). The van der Waals surface area contributed by atoms with Gasteiger partial charge in [0.2, 0.25) is 5.91 Å². The number of anilines is 2. The van der Waals surface area contributed by atoms with Crippen LogP contribution in [0.1, 0.15) is 12.0 Å².